The van der Waals surface area contributed by atoms with Gasteiger partial charge in [-0.05, 0) is 46.1 Å². The van der Waals surface area contributed by atoms with E-state index in [0.717, 1.165) is 11.3 Å². The van der Waals surface area contributed by atoms with Gasteiger partial charge >= 0.3 is 0 Å². The van der Waals surface area contributed by atoms with Crippen LogP contribution in [-0.4, -0.2) is 21.8 Å². The molecule has 0 saturated heterocycles. The van der Waals surface area contributed by atoms with Crippen LogP contribution in [0.15, 0.2) is 35.2 Å². The third kappa shape index (κ3) is 3.08. The summed E-state index contributed by atoms with van der Waals surface area (Å²) in [5.41, 5.74) is 2.25. The molecule has 0 radical (unpaired) electrons. The van der Waals surface area contributed by atoms with Crippen LogP contribution in [0.3, 0.4) is 0 Å². The summed E-state index contributed by atoms with van der Waals surface area (Å²) in [6.07, 6.45) is 4.06. The summed E-state index contributed by atoms with van der Waals surface area (Å²) in [6.45, 7) is 0. The highest BCUT2D eigenvalue weighted by Gasteiger charge is 2.16. The van der Waals surface area contributed by atoms with Crippen molar-refractivity contribution in [2.75, 3.05) is 10.6 Å². The zero-order valence-corrected chi connectivity index (χ0v) is 12.5. The fourth-order valence-electron chi connectivity index (χ4n) is 2.09. The SMILES string of the molecule is O=C1CCc2cc(C(=O)Nc3cnc(Br)cn3)ccc2N1. The number of rotatable bonds is 2. The number of fused-ring (bicyclic) bond motifs is 1. The molecule has 0 fully saturated rings. The Balaban J connectivity index is 1.79. The number of hydrogen-bond donors (Lipinski definition) is 2. The number of nitrogens with one attached hydrogen (secondary N) is 2. The molecule has 0 unspecified atom stereocenters. The van der Waals surface area contributed by atoms with Gasteiger partial charge in [0.05, 0.1) is 12.4 Å². The van der Waals surface area contributed by atoms with Crippen LogP contribution in [-0.2, 0) is 11.2 Å². The summed E-state index contributed by atoms with van der Waals surface area (Å²) in [7, 11) is 0. The van der Waals surface area contributed by atoms with Crippen LogP contribution >= 0.6 is 15.9 Å². The highest BCUT2D eigenvalue weighted by molar-refractivity contribution is 9.10. The molecule has 2 amide bonds. The standard InChI is InChI=1S/C14H11BrN4O2/c15-11-6-17-12(7-16-11)19-14(21)9-1-3-10-8(5-9)2-4-13(20)18-10/h1,3,5-7H,2,4H2,(H,18,20)(H,17,19,21). The number of carbonyl (C=O) groups excluding carboxylic acids is 2. The molecule has 21 heavy (non-hydrogen) atoms. The van der Waals surface area contributed by atoms with Gasteiger partial charge in [0.1, 0.15) is 4.60 Å². The molecule has 1 aliphatic rings. The minimum atomic E-state index is -0.258. The smallest absolute Gasteiger partial charge is 0.256 e. The number of aryl methyl sites for hydroxylation is 1. The zero-order valence-electron chi connectivity index (χ0n) is 10.9. The van der Waals surface area contributed by atoms with Crippen LogP contribution in [0.1, 0.15) is 22.3 Å². The van der Waals surface area contributed by atoms with E-state index >= 15 is 0 Å². The normalized spacial score (nSPS) is 13.3. The summed E-state index contributed by atoms with van der Waals surface area (Å²) in [5.74, 6) is 0.130. The number of aromatic nitrogens is 2. The average Bonchev–Trinajstić information content (AvgIpc) is 2.49. The lowest BCUT2D eigenvalue weighted by Crippen LogP contribution is -2.20. The zero-order chi connectivity index (χ0) is 14.8. The van der Waals surface area contributed by atoms with Crippen molar-refractivity contribution in [2.24, 2.45) is 0 Å². The van der Waals surface area contributed by atoms with E-state index in [1.165, 1.54) is 12.4 Å². The highest BCUT2D eigenvalue weighted by Crippen LogP contribution is 2.23. The van der Waals surface area contributed by atoms with E-state index in [9.17, 15) is 9.59 Å². The molecule has 0 saturated carbocycles. The van der Waals surface area contributed by atoms with Crippen molar-refractivity contribution in [1.82, 2.24) is 9.97 Å². The van der Waals surface area contributed by atoms with E-state index in [4.69, 9.17) is 0 Å². The molecule has 3 rings (SSSR count). The molecule has 0 atom stereocenters. The number of amides is 2. The second-order valence-electron chi connectivity index (χ2n) is 4.60. The highest BCUT2D eigenvalue weighted by atomic mass is 79.9. The van der Waals surface area contributed by atoms with E-state index < -0.39 is 0 Å². The molecule has 0 spiro atoms. The van der Waals surface area contributed by atoms with Crippen molar-refractivity contribution < 1.29 is 9.59 Å². The van der Waals surface area contributed by atoms with Crippen molar-refractivity contribution >= 4 is 39.2 Å². The average molecular weight is 347 g/mol. The minimum absolute atomic E-state index is 0.00448. The Kier molecular flexibility index (Phi) is 3.66. The number of nitrogens with zero attached hydrogens (tertiary/aromatic N) is 2. The van der Waals surface area contributed by atoms with Crippen LogP contribution in [0.4, 0.5) is 11.5 Å². The Morgan fingerprint density at radius 3 is 2.86 bits per heavy atom. The van der Waals surface area contributed by atoms with Crippen molar-refractivity contribution in [3.8, 4) is 0 Å². The van der Waals surface area contributed by atoms with Crippen LogP contribution < -0.4 is 10.6 Å². The minimum Gasteiger partial charge on any atom is -0.326 e. The summed E-state index contributed by atoms with van der Waals surface area (Å²) >= 11 is 3.18. The Morgan fingerprint density at radius 2 is 2.10 bits per heavy atom. The summed E-state index contributed by atoms with van der Waals surface area (Å²) in [4.78, 5) is 31.5. The maximum absolute atomic E-state index is 12.2. The second kappa shape index (κ2) is 5.61. The molecule has 1 aromatic carbocycles. The van der Waals surface area contributed by atoms with Gasteiger partial charge in [0.2, 0.25) is 5.91 Å². The van der Waals surface area contributed by atoms with Gasteiger partial charge in [-0.1, -0.05) is 0 Å². The maximum Gasteiger partial charge on any atom is 0.256 e. The van der Waals surface area contributed by atoms with Gasteiger partial charge < -0.3 is 10.6 Å². The first-order valence-electron chi connectivity index (χ1n) is 6.33. The Bertz CT molecular complexity index is 715. The fourth-order valence-corrected chi connectivity index (χ4v) is 2.29. The second-order valence-corrected chi connectivity index (χ2v) is 5.41. The molecule has 1 aliphatic heterocycles. The van der Waals surface area contributed by atoms with E-state index in [1.807, 2.05) is 0 Å². The lowest BCUT2D eigenvalue weighted by Gasteiger charge is -2.17. The predicted molar refractivity (Wildman–Crippen MR) is 81.1 cm³/mol. The lowest BCUT2D eigenvalue weighted by atomic mass is 10.00. The topological polar surface area (TPSA) is 84.0 Å². The molecule has 106 valence electrons. The number of hydrogen-bond acceptors (Lipinski definition) is 4. The van der Waals surface area contributed by atoms with E-state index in [0.29, 0.717) is 28.8 Å². The van der Waals surface area contributed by atoms with Crippen molar-refractivity contribution in [3.05, 3.63) is 46.3 Å². The molecule has 0 aliphatic carbocycles. The molecule has 2 heterocycles. The van der Waals surface area contributed by atoms with Gasteiger partial charge in [-0.25, -0.2) is 9.97 Å². The van der Waals surface area contributed by atoms with Crippen molar-refractivity contribution in [2.45, 2.75) is 12.8 Å². The fraction of sp³-hybridized carbons (Fsp3) is 0.143. The van der Waals surface area contributed by atoms with Crippen molar-refractivity contribution in [1.29, 1.82) is 0 Å². The molecule has 1 aromatic heterocycles. The molecule has 7 heteroatoms. The van der Waals surface area contributed by atoms with Crippen LogP contribution in [0.25, 0.3) is 0 Å². The van der Waals surface area contributed by atoms with Gasteiger partial charge in [-0.3, -0.25) is 9.59 Å². The Labute approximate surface area is 129 Å². The monoisotopic (exact) mass is 346 g/mol. The van der Waals surface area contributed by atoms with Gasteiger partial charge in [0.15, 0.2) is 5.82 Å². The molecule has 0 bridgehead atoms. The first-order chi connectivity index (χ1) is 10.1. The molecule has 2 aromatic rings. The first kappa shape index (κ1) is 13.7. The number of carbonyl (C=O) groups is 2. The largest absolute Gasteiger partial charge is 0.326 e. The van der Waals surface area contributed by atoms with Crippen LogP contribution in [0, 0.1) is 0 Å². The first-order valence-corrected chi connectivity index (χ1v) is 7.13. The molecular weight excluding hydrogens is 336 g/mol. The molecule has 6 nitrogen and oxygen atoms in total. The predicted octanol–water partition coefficient (Wildman–Crippen LogP) is 2.38. The van der Waals surface area contributed by atoms with Gasteiger partial charge in [-0.2, -0.15) is 0 Å². The number of benzene rings is 1. The molecule has 2 N–H and O–H groups in total. The Morgan fingerprint density at radius 1 is 1.24 bits per heavy atom. The lowest BCUT2D eigenvalue weighted by molar-refractivity contribution is -0.116. The van der Waals surface area contributed by atoms with E-state index in [1.54, 1.807) is 18.2 Å². The van der Waals surface area contributed by atoms with Gasteiger partial charge in [0, 0.05) is 17.7 Å². The molecular formula is C14H11BrN4O2. The number of halogens is 1. The number of anilines is 2. The summed E-state index contributed by atoms with van der Waals surface area (Å²) in [6, 6.07) is 5.21. The van der Waals surface area contributed by atoms with Gasteiger partial charge in [-0.15, -0.1) is 0 Å². The van der Waals surface area contributed by atoms with Crippen molar-refractivity contribution in [3.63, 3.8) is 0 Å². The summed E-state index contributed by atoms with van der Waals surface area (Å²) < 4.78 is 0.602. The Hall–Kier alpha value is -2.28. The van der Waals surface area contributed by atoms with E-state index in [2.05, 4.69) is 36.5 Å². The summed E-state index contributed by atoms with van der Waals surface area (Å²) in [5, 5.41) is 5.46. The van der Waals surface area contributed by atoms with Crippen LogP contribution in [0.5, 0.6) is 0 Å². The third-order valence-electron chi connectivity index (χ3n) is 3.12. The maximum atomic E-state index is 12.2. The van der Waals surface area contributed by atoms with Gasteiger partial charge in [0.25, 0.3) is 5.91 Å². The van der Waals surface area contributed by atoms with E-state index in [-0.39, 0.29) is 11.8 Å². The van der Waals surface area contributed by atoms with Crippen LogP contribution in [0.2, 0.25) is 0 Å². The quantitative estimate of drug-likeness (QED) is 0.874. The third-order valence-corrected chi connectivity index (χ3v) is 3.53.